The summed E-state index contributed by atoms with van der Waals surface area (Å²) in [6, 6.07) is 21.6. The molecule has 2 aromatic carbocycles. The highest BCUT2D eigenvalue weighted by Gasteiger charge is 2.40. The smallest absolute Gasteiger partial charge is 0.0229 e. The number of rotatable bonds is 4. The summed E-state index contributed by atoms with van der Waals surface area (Å²) >= 11 is 0. The summed E-state index contributed by atoms with van der Waals surface area (Å²) in [6.45, 7) is 2.39. The van der Waals surface area contributed by atoms with Crippen LogP contribution in [0.5, 0.6) is 0 Å². The predicted octanol–water partition coefficient (Wildman–Crippen LogP) is 4.61. The monoisotopic (exact) mass is 293 g/mol. The summed E-state index contributed by atoms with van der Waals surface area (Å²) in [5.74, 6) is 1.26. The number of nitrogens with two attached hydrogens (primary N) is 1. The minimum absolute atomic E-state index is 0.0745. The van der Waals surface area contributed by atoms with Crippen LogP contribution < -0.4 is 5.73 Å². The van der Waals surface area contributed by atoms with E-state index < -0.39 is 0 Å². The van der Waals surface area contributed by atoms with Gasteiger partial charge in [-0.15, -0.1) is 0 Å². The zero-order valence-corrected chi connectivity index (χ0v) is 13.5. The molecule has 2 aromatic rings. The molecule has 0 heterocycles. The van der Waals surface area contributed by atoms with Crippen LogP contribution in [-0.4, -0.2) is 5.54 Å². The molecule has 0 spiro atoms. The van der Waals surface area contributed by atoms with Gasteiger partial charge < -0.3 is 5.73 Å². The van der Waals surface area contributed by atoms with Crippen LogP contribution in [0.4, 0.5) is 0 Å². The first kappa shape index (κ1) is 15.3. The number of hydrogen-bond donors (Lipinski definition) is 1. The van der Waals surface area contributed by atoms with Crippen molar-refractivity contribution in [1.29, 1.82) is 0 Å². The van der Waals surface area contributed by atoms with Crippen molar-refractivity contribution in [2.75, 3.05) is 0 Å². The van der Waals surface area contributed by atoms with Crippen LogP contribution >= 0.6 is 0 Å². The second kappa shape index (κ2) is 6.66. The van der Waals surface area contributed by atoms with Gasteiger partial charge in [0.05, 0.1) is 0 Å². The van der Waals surface area contributed by atoms with Crippen molar-refractivity contribution in [3.8, 4) is 0 Å². The molecular formula is C21H27N. The van der Waals surface area contributed by atoms with E-state index in [9.17, 15) is 0 Å². The van der Waals surface area contributed by atoms with Gasteiger partial charge in [-0.2, -0.15) is 0 Å². The summed E-state index contributed by atoms with van der Waals surface area (Å²) in [4.78, 5) is 0. The van der Waals surface area contributed by atoms with Crippen LogP contribution in [0.1, 0.15) is 37.3 Å². The fourth-order valence-corrected chi connectivity index (χ4v) is 4.17. The van der Waals surface area contributed by atoms with Crippen molar-refractivity contribution in [1.82, 2.24) is 0 Å². The third kappa shape index (κ3) is 3.41. The predicted molar refractivity (Wildman–Crippen MR) is 93.7 cm³/mol. The van der Waals surface area contributed by atoms with Crippen LogP contribution in [-0.2, 0) is 12.8 Å². The van der Waals surface area contributed by atoms with Gasteiger partial charge in [-0.1, -0.05) is 80.4 Å². The molecule has 1 nitrogen and oxygen atoms in total. The van der Waals surface area contributed by atoms with E-state index in [0.29, 0.717) is 11.8 Å². The molecule has 1 heteroatoms. The highest BCUT2D eigenvalue weighted by atomic mass is 14.8. The van der Waals surface area contributed by atoms with Gasteiger partial charge in [0.25, 0.3) is 0 Å². The molecule has 0 saturated heterocycles. The normalized spacial score (nSPS) is 28.5. The molecule has 116 valence electrons. The summed E-state index contributed by atoms with van der Waals surface area (Å²) < 4.78 is 0. The minimum Gasteiger partial charge on any atom is -0.325 e. The lowest BCUT2D eigenvalue weighted by Crippen LogP contribution is -2.54. The zero-order chi connectivity index (χ0) is 15.4. The van der Waals surface area contributed by atoms with Crippen LogP contribution in [0.15, 0.2) is 60.7 Å². The van der Waals surface area contributed by atoms with Crippen molar-refractivity contribution in [2.24, 2.45) is 17.6 Å². The Morgan fingerprint density at radius 1 is 0.955 bits per heavy atom. The molecule has 22 heavy (non-hydrogen) atoms. The Kier molecular flexibility index (Phi) is 4.63. The van der Waals surface area contributed by atoms with E-state index in [1.807, 2.05) is 0 Å². The molecular weight excluding hydrogens is 266 g/mol. The molecule has 3 unspecified atom stereocenters. The lowest BCUT2D eigenvalue weighted by Gasteiger charge is -2.45. The third-order valence-corrected chi connectivity index (χ3v) is 5.40. The molecule has 1 fully saturated rings. The second-order valence-corrected chi connectivity index (χ2v) is 7.06. The quantitative estimate of drug-likeness (QED) is 0.875. The van der Waals surface area contributed by atoms with Crippen LogP contribution in [0.2, 0.25) is 0 Å². The Morgan fingerprint density at radius 3 is 2.18 bits per heavy atom. The van der Waals surface area contributed by atoms with Crippen LogP contribution in [0.25, 0.3) is 0 Å². The van der Waals surface area contributed by atoms with Crippen molar-refractivity contribution in [3.05, 3.63) is 71.8 Å². The average molecular weight is 293 g/mol. The topological polar surface area (TPSA) is 26.0 Å². The Balaban J connectivity index is 1.82. The molecule has 0 bridgehead atoms. The Bertz CT molecular complexity index is 577. The highest BCUT2D eigenvalue weighted by Crippen LogP contribution is 2.40. The summed E-state index contributed by atoms with van der Waals surface area (Å²) in [6.07, 6.45) is 5.81. The maximum atomic E-state index is 6.97. The van der Waals surface area contributed by atoms with Gasteiger partial charge in [-0.25, -0.2) is 0 Å². The first-order valence-electron chi connectivity index (χ1n) is 8.54. The highest BCUT2D eigenvalue weighted by molar-refractivity contribution is 5.21. The van der Waals surface area contributed by atoms with Crippen molar-refractivity contribution < 1.29 is 0 Å². The van der Waals surface area contributed by atoms with E-state index in [4.69, 9.17) is 5.73 Å². The lowest BCUT2D eigenvalue weighted by molar-refractivity contribution is 0.127. The fourth-order valence-electron chi connectivity index (χ4n) is 4.17. The van der Waals surface area contributed by atoms with Crippen molar-refractivity contribution in [2.45, 2.75) is 44.6 Å². The molecule has 2 N–H and O–H groups in total. The molecule has 3 rings (SSSR count). The maximum absolute atomic E-state index is 6.97. The summed E-state index contributed by atoms with van der Waals surface area (Å²) in [5, 5.41) is 0. The van der Waals surface area contributed by atoms with E-state index in [2.05, 4.69) is 67.6 Å². The van der Waals surface area contributed by atoms with Gasteiger partial charge in [-0.05, 0) is 42.2 Å². The number of benzene rings is 2. The third-order valence-electron chi connectivity index (χ3n) is 5.40. The van der Waals surface area contributed by atoms with Gasteiger partial charge >= 0.3 is 0 Å². The molecule has 1 aliphatic rings. The van der Waals surface area contributed by atoms with E-state index >= 15 is 0 Å². The van der Waals surface area contributed by atoms with Gasteiger partial charge in [0.1, 0.15) is 0 Å². The van der Waals surface area contributed by atoms with E-state index in [1.165, 1.54) is 24.0 Å². The molecule has 1 aliphatic carbocycles. The average Bonchev–Trinajstić information content (AvgIpc) is 2.53. The van der Waals surface area contributed by atoms with Crippen molar-refractivity contribution in [3.63, 3.8) is 0 Å². The van der Waals surface area contributed by atoms with Gasteiger partial charge in [0.2, 0.25) is 0 Å². The van der Waals surface area contributed by atoms with E-state index in [0.717, 1.165) is 19.3 Å². The van der Waals surface area contributed by atoms with E-state index in [1.54, 1.807) is 0 Å². The summed E-state index contributed by atoms with van der Waals surface area (Å²) in [7, 11) is 0. The fraction of sp³-hybridized carbons (Fsp3) is 0.429. The largest absolute Gasteiger partial charge is 0.325 e. The standard InChI is InChI=1S/C21H27N/c1-17-9-8-14-21(22,16-19-12-6-3-7-13-19)20(17)15-18-10-4-2-5-11-18/h2-7,10-13,17,20H,8-9,14-16,22H2,1H3. The maximum Gasteiger partial charge on any atom is 0.0229 e. The number of hydrogen-bond acceptors (Lipinski definition) is 1. The molecule has 3 atom stereocenters. The van der Waals surface area contributed by atoms with Crippen molar-refractivity contribution >= 4 is 0 Å². The Hall–Kier alpha value is -1.60. The summed E-state index contributed by atoms with van der Waals surface area (Å²) in [5.41, 5.74) is 9.69. The van der Waals surface area contributed by atoms with Gasteiger partial charge in [0, 0.05) is 5.54 Å². The Labute approximate surface area is 134 Å². The minimum atomic E-state index is -0.0745. The Morgan fingerprint density at radius 2 is 1.55 bits per heavy atom. The first-order valence-corrected chi connectivity index (χ1v) is 8.54. The molecule has 0 radical (unpaired) electrons. The SMILES string of the molecule is CC1CCCC(N)(Cc2ccccc2)C1Cc1ccccc1. The molecule has 1 saturated carbocycles. The molecule has 0 aromatic heterocycles. The first-order chi connectivity index (χ1) is 10.7. The van der Waals surface area contributed by atoms with E-state index in [-0.39, 0.29) is 5.54 Å². The second-order valence-electron chi connectivity index (χ2n) is 7.06. The van der Waals surface area contributed by atoms with Gasteiger partial charge in [-0.3, -0.25) is 0 Å². The van der Waals surface area contributed by atoms with Crippen LogP contribution in [0.3, 0.4) is 0 Å². The zero-order valence-electron chi connectivity index (χ0n) is 13.5. The molecule has 0 amide bonds. The van der Waals surface area contributed by atoms with Gasteiger partial charge in [0.15, 0.2) is 0 Å². The lowest BCUT2D eigenvalue weighted by atomic mass is 9.63. The van der Waals surface area contributed by atoms with Crippen LogP contribution in [0, 0.1) is 11.8 Å². The molecule has 0 aliphatic heterocycles.